The van der Waals surface area contributed by atoms with Crippen LogP contribution < -0.4 is 10.1 Å². The largest absolute Gasteiger partial charge is 0.470 e. The number of anilines is 1. The molecule has 1 N–H and O–H groups in total. The van der Waals surface area contributed by atoms with Crippen LogP contribution in [0.4, 0.5) is 5.82 Å². The van der Waals surface area contributed by atoms with E-state index in [0.29, 0.717) is 12.5 Å². The maximum absolute atomic E-state index is 5.64. The van der Waals surface area contributed by atoms with Gasteiger partial charge in [0.2, 0.25) is 0 Å². The van der Waals surface area contributed by atoms with Crippen LogP contribution in [-0.4, -0.2) is 60.4 Å². The van der Waals surface area contributed by atoms with E-state index < -0.39 is 0 Å². The van der Waals surface area contributed by atoms with Gasteiger partial charge in [-0.2, -0.15) is 0 Å². The molecule has 6 nitrogen and oxygen atoms in total. The van der Waals surface area contributed by atoms with E-state index in [1.807, 2.05) is 6.92 Å². The first-order valence-electron chi connectivity index (χ1n) is 11.5. The van der Waals surface area contributed by atoms with Crippen molar-refractivity contribution in [1.82, 2.24) is 14.9 Å². The summed E-state index contributed by atoms with van der Waals surface area (Å²) in [6.07, 6.45) is 8.36. The number of nitrogens with one attached hydrogen (secondary N) is 1. The summed E-state index contributed by atoms with van der Waals surface area (Å²) in [7, 11) is 0. The molecule has 1 atom stereocenters. The van der Waals surface area contributed by atoms with E-state index in [9.17, 15) is 0 Å². The van der Waals surface area contributed by atoms with Gasteiger partial charge >= 0.3 is 0 Å². The first kappa shape index (κ1) is 20.2. The first-order valence-corrected chi connectivity index (χ1v) is 12.3. The lowest BCUT2D eigenvalue weighted by Gasteiger charge is -2.36. The van der Waals surface area contributed by atoms with Gasteiger partial charge in [0.25, 0.3) is 5.19 Å². The fraction of sp³-hybridized carbons (Fsp3) is 0.652. The monoisotopic (exact) mass is 428 g/mol. The summed E-state index contributed by atoms with van der Waals surface area (Å²) >= 11 is 1.59. The second-order valence-electron chi connectivity index (χ2n) is 8.62. The zero-order valence-corrected chi connectivity index (χ0v) is 18.6. The van der Waals surface area contributed by atoms with Crippen molar-refractivity contribution in [1.29, 1.82) is 0 Å². The van der Waals surface area contributed by atoms with E-state index in [4.69, 9.17) is 19.4 Å². The summed E-state index contributed by atoms with van der Waals surface area (Å²) < 4.78 is 11.2. The summed E-state index contributed by atoms with van der Waals surface area (Å²) in [6, 6.07) is 3.13. The molecule has 3 aliphatic rings. The smallest absolute Gasteiger partial charge is 0.273 e. The average Bonchev–Trinajstić information content (AvgIpc) is 3.32. The summed E-state index contributed by atoms with van der Waals surface area (Å²) in [5, 5.41) is 6.37. The van der Waals surface area contributed by atoms with Gasteiger partial charge in [-0.3, -0.25) is 4.90 Å². The molecule has 0 spiro atoms. The standard InChI is InChI=1S/C23H32N4O2S/c1-2-29-23-26-21(15-30-23)20-14-25-22-19(20)12-17(13-24-22)16-4-6-18(7-5-16)27-8-3-10-28-11-9-27/h12-13,15-16,18,20H,2-11,14H2,1H3,(H,24,25). The fourth-order valence-electron chi connectivity index (χ4n) is 5.23. The van der Waals surface area contributed by atoms with Crippen LogP contribution in [0, 0.1) is 0 Å². The Hall–Kier alpha value is -1.70. The molecule has 0 bridgehead atoms. The molecule has 4 heterocycles. The second-order valence-corrected chi connectivity index (χ2v) is 9.44. The normalized spacial score (nSPS) is 27.3. The molecule has 1 saturated heterocycles. The van der Waals surface area contributed by atoms with Crippen molar-refractivity contribution >= 4 is 17.2 Å². The minimum absolute atomic E-state index is 0.270. The Balaban J connectivity index is 1.26. The zero-order chi connectivity index (χ0) is 20.3. The Kier molecular flexibility index (Phi) is 6.20. The number of aromatic nitrogens is 2. The molecule has 2 aromatic rings. The highest BCUT2D eigenvalue weighted by molar-refractivity contribution is 7.11. The number of nitrogens with zero attached hydrogens (tertiary/aromatic N) is 3. The minimum atomic E-state index is 0.270. The summed E-state index contributed by atoms with van der Waals surface area (Å²) in [5.41, 5.74) is 3.80. The number of hydrogen-bond acceptors (Lipinski definition) is 7. The van der Waals surface area contributed by atoms with Gasteiger partial charge in [0, 0.05) is 55.3 Å². The minimum Gasteiger partial charge on any atom is -0.470 e. The SMILES string of the molecule is CCOc1nc(C2CNc3ncc(C4CCC(N5CCCOCC5)CC4)cc32)cs1. The van der Waals surface area contributed by atoms with Crippen molar-refractivity contribution in [3.63, 3.8) is 0 Å². The van der Waals surface area contributed by atoms with Crippen molar-refractivity contribution in [2.75, 3.05) is 44.8 Å². The van der Waals surface area contributed by atoms with E-state index >= 15 is 0 Å². The van der Waals surface area contributed by atoms with Crippen LogP contribution in [0.1, 0.15) is 67.7 Å². The summed E-state index contributed by atoms with van der Waals surface area (Å²) in [4.78, 5) is 12.2. The summed E-state index contributed by atoms with van der Waals surface area (Å²) in [5.74, 6) is 1.91. The summed E-state index contributed by atoms with van der Waals surface area (Å²) in [6.45, 7) is 7.63. The zero-order valence-electron chi connectivity index (χ0n) is 17.8. The van der Waals surface area contributed by atoms with E-state index in [1.165, 1.54) is 49.8 Å². The lowest BCUT2D eigenvalue weighted by molar-refractivity contribution is 0.118. The van der Waals surface area contributed by atoms with Gasteiger partial charge in [-0.25, -0.2) is 9.97 Å². The molecule has 0 aromatic carbocycles. The molecule has 162 valence electrons. The Bertz CT molecular complexity index is 841. The highest BCUT2D eigenvalue weighted by atomic mass is 32.1. The van der Waals surface area contributed by atoms with Gasteiger partial charge in [0.1, 0.15) is 5.82 Å². The molecule has 5 rings (SSSR count). The molecule has 0 radical (unpaired) electrons. The molecular weight excluding hydrogens is 396 g/mol. The van der Waals surface area contributed by atoms with Gasteiger partial charge in [-0.05, 0) is 56.6 Å². The Morgan fingerprint density at radius 2 is 2.13 bits per heavy atom. The van der Waals surface area contributed by atoms with Gasteiger partial charge < -0.3 is 14.8 Å². The van der Waals surface area contributed by atoms with Crippen molar-refractivity contribution in [2.45, 2.75) is 56.9 Å². The lowest BCUT2D eigenvalue weighted by Crippen LogP contribution is -2.39. The first-order chi connectivity index (χ1) is 14.8. The van der Waals surface area contributed by atoms with Crippen LogP contribution in [0.25, 0.3) is 0 Å². The van der Waals surface area contributed by atoms with Crippen LogP contribution in [0.5, 0.6) is 5.19 Å². The molecule has 1 aliphatic carbocycles. The van der Waals surface area contributed by atoms with Crippen molar-refractivity contribution in [3.05, 3.63) is 34.5 Å². The van der Waals surface area contributed by atoms with E-state index in [2.05, 4.69) is 27.9 Å². The molecular formula is C23H32N4O2S. The molecule has 2 aliphatic heterocycles. The predicted octanol–water partition coefficient (Wildman–Crippen LogP) is 4.24. The number of fused-ring (bicyclic) bond motifs is 1. The Morgan fingerprint density at radius 3 is 3.00 bits per heavy atom. The van der Waals surface area contributed by atoms with Crippen LogP contribution in [0.3, 0.4) is 0 Å². The number of pyridine rings is 1. The third kappa shape index (κ3) is 4.20. The van der Waals surface area contributed by atoms with Crippen molar-refractivity contribution < 1.29 is 9.47 Å². The number of hydrogen-bond donors (Lipinski definition) is 1. The molecule has 30 heavy (non-hydrogen) atoms. The van der Waals surface area contributed by atoms with Crippen molar-refractivity contribution in [2.24, 2.45) is 0 Å². The van der Waals surface area contributed by atoms with Gasteiger partial charge in [-0.1, -0.05) is 11.3 Å². The maximum Gasteiger partial charge on any atom is 0.273 e. The van der Waals surface area contributed by atoms with E-state index in [0.717, 1.165) is 49.1 Å². The van der Waals surface area contributed by atoms with Crippen molar-refractivity contribution in [3.8, 4) is 5.19 Å². The molecule has 0 amide bonds. The van der Waals surface area contributed by atoms with Crippen LogP contribution in [0.15, 0.2) is 17.6 Å². The number of rotatable bonds is 5. The molecule has 1 unspecified atom stereocenters. The molecule has 2 aromatic heterocycles. The Morgan fingerprint density at radius 1 is 1.23 bits per heavy atom. The lowest BCUT2D eigenvalue weighted by atomic mass is 9.81. The van der Waals surface area contributed by atoms with Gasteiger partial charge in [0.15, 0.2) is 0 Å². The Labute approximate surface area is 183 Å². The van der Waals surface area contributed by atoms with Crippen LogP contribution in [0.2, 0.25) is 0 Å². The number of thiazole rings is 1. The maximum atomic E-state index is 5.64. The molecule has 1 saturated carbocycles. The van der Waals surface area contributed by atoms with Crippen LogP contribution in [-0.2, 0) is 4.74 Å². The van der Waals surface area contributed by atoms with Gasteiger partial charge in [0.05, 0.1) is 18.9 Å². The van der Waals surface area contributed by atoms with Crippen LogP contribution >= 0.6 is 11.3 Å². The molecule has 7 heteroatoms. The van der Waals surface area contributed by atoms with Gasteiger partial charge in [-0.15, -0.1) is 0 Å². The van der Waals surface area contributed by atoms with E-state index in [1.54, 1.807) is 11.3 Å². The highest BCUT2D eigenvalue weighted by Crippen LogP contribution is 2.40. The third-order valence-corrected chi connectivity index (χ3v) is 7.62. The predicted molar refractivity (Wildman–Crippen MR) is 120 cm³/mol. The third-order valence-electron chi connectivity index (χ3n) is 6.85. The fourth-order valence-corrected chi connectivity index (χ4v) is 6.01. The topological polar surface area (TPSA) is 59.5 Å². The van der Waals surface area contributed by atoms with E-state index in [-0.39, 0.29) is 5.92 Å². The second kappa shape index (κ2) is 9.20. The molecule has 2 fully saturated rings. The average molecular weight is 429 g/mol. The highest BCUT2D eigenvalue weighted by Gasteiger charge is 2.31. The quantitative estimate of drug-likeness (QED) is 0.769. The number of ether oxygens (including phenoxy) is 2.